The molecule has 8 nitrogen and oxygen atoms in total. The summed E-state index contributed by atoms with van der Waals surface area (Å²) in [4.78, 5) is 25.8. The quantitative estimate of drug-likeness (QED) is 0.258. The van der Waals surface area contributed by atoms with E-state index in [4.69, 9.17) is 28.4 Å². The third-order valence-corrected chi connectivity index (χ3v) is 5.25. The highest BCUT2D eigenvalue weighted by Gasteiger charge is 2.51. The molecule has 1 saturated heterocycles. The van der Waals surface area contributed by atoms with Crippen molar-refractivity contribution in [3.05, 3.63) is 97.1 Å². The maximum atomic E-state index is 13.0. The molecule has 3 unspecified atom stereocenters. The Morgan fingerprint density at radius 1 is 0.829 bits per heavy atom. The highest BCUT2D eigenvalue weighted by molar-refractivity contribution is 5.90. The maximum Gasteiger partial charge on any atom is 0.338 e. The fraction of sp³-hybridized carbons (Fsp3) is 0.333. The monoisotopic (exact) mass is 482 g/mol. The van der Waals surface area contributed by atoms with Crippen LogP contribution < -0.4 is 0 Å². The molecule has 35 heavy (non-hydrogen) atoms. The summed E-state index contributed by atoms with van der Waals surface area (Å²) in [6.07, 6.45) is -1.58. The van der Waals surface area contributed by atoms with E-state index in [0.29, 0.717) is 11.1 Å². The van der Waals surface area contributed by atoms with Gasteiger partial charge >= 0.3 is 11.9 Å². The van der Waals surface area contributed by atoms with Crippen LogP contribution in [0, 0.1) is 0 Å². The minimum absolute atomic E-state index is 0.0614. The lowest BCUT2D eigenvalue weighted by Crippen LogP contribution is -2.62. The molecule has 0 amide bonds. The lowest BCUT2D eigenvalue weighted by Gasteiger charge is -2.44. The first-order chi connectivity index (χ1) is 17.1. The van der Waals surface area contributed by atoms with Gasteiger partial charge in [-0.1, -0.05) is 48.6 Å². The molecule has 0 radical (unpaired) electrons. The summed E-state index contributed by atoms with van der Waals surface area (Å²) >= 11 is 0. The van der Waals surface area contributed by atoms with Gasteiger partial charge in [-0.25, -0.2) is 9.59 Å². The fourth-order valence-electron chi connectivity index (χ4n) is 3.64. The van der Waals surface area contributed by atoms with E-state index in [-0.39, 0.29) is 19.8 Å². The van der Waals surface area contributed by atoms with Gasteiger partial charge in [0.15, 0.2) is 18.5 Å². The van der Waals surface area contributed by atoms with Gasteiger partial charge < -0.3 is 28.4 Å². The van der Waals surface area contributed by atoms with Crippen LogP contribution in [0.2, 0.25) is 0 Å². The Labute approximate surface area is 205 Å². The van der Waals surface area contributed by atoms with E-state index < -0.39 is 42.6 Å². The van der Waals surface area contributed by atoms with Gasteiger partial charge in [0.2, 0.25) is 0 Å². The van der Waals surface area contributed by atoms with E-state index in [1.165, 1.54) is 7.11 Å². The number of ether oxygens (including phenoxy) is 6. The molecule has 0 spiro atoms. The number of benzene rings is 2. The fourth-order valence-corrected chi connectivity index (χ4v) is 3.64. The summed E-state index contributed by atoms with van der Waals surface area (Å²) in [5.74, 6) is -1.17. The van der Waals surface area contributed by atoms with Crippen molar-refractivity contribution in [2.45, 2.75) is 30.7 Å². The Kier molecular flexibility index (Phi) is 10.2. The second kappa shape index (κ2) is 13.6. The van der Waals surface area contributed by atoms with E-state index in [2.05, 4.69) is 13.2 Å². The third-order valence-electron chi connectivity index (χ3n) is 5.25. The van der Waals surface area contributed by atoms with Crippen LogP contribution in [0.1, 0.15) is 20.7 Å². The Morgan fingerprint density at radius 2 is 1.37 bits per heavy atom. The van der Waals surface area contributed by atoms with E-state index in [1.54, 1.807) is 72.8 Å². The van der Waals surface area contributed by atoms with Crippen LogP contribution in [0.3, 0.4) is 0 Å². The van der Waals surface area contributed by atoms with Gasteiger partial charge in [-0.3, -0.25) is 0 Å². The molecule has 1 aliphatic rings. The molecule has 2 aromatic carbocycles. The van der Waals surface area contributed by atoms with Crippen LogP contribution >= 0.6 is 0 Å². The van der Waals surface area contributed by atoms with E-state index in [0.717, 1.165) is 0 Å². The highest BCUT2D eigenvalue weighted by atomic mass is 16.7. The molecule has 0 saturated carbocycles. The predicted molar refractivity (Wildman–Crippen MR) is 128 cm³/mol. The van der Waals surface area contributed by atoms with Crippen molar-refractivity contribution in [3.8, 4) is 0 Å². The number of methoxy groups -OCH3 is 1. The zero-order chi connectivity index (χ0) is 25.0. The molecule has 5 atom stereocenters. The van der Waals surface area contributed by atoms with Crippen LogP contribution in [-0.4, -0.2) is 69.6 Å². The lowest BCUT2D eigenvalue weighted by atomic mass is 9.98. The van der Waals surface area contributed by atoms with E-state index >= 15 is 0 Å². The normalized spacial score (nSPS) is 23.7. The first-order valence-corrected chi connectivity index (χ1v) is 11.2. The first kappa shape index (κ1) is 26.3. The number of hydrogen-bond donors (Lipinski definition) is 0. The van der Waals surface area contributed by atoms with Crippen molar-refractivity contribution >= 4 is 11.9 Å². The average molecular weight is 483 g/mol. The number of carbonyl (C=O) groups is 2. The Bertz CT molecular complexity index is 962. The van der Waals surface area contributed by atoms with Crippen molar-refractivity contribution in [2.24, 2.45) is 0 Å². The molecular formula is C27H30O8. The molecule has 8 heteroatoms. The van der Waals surface area contributed by atoms with Gasteiger partial charge in [0.25, 0.3) is 0 Å². The minimum atomic E-state index is -1.04. The molecule has 2 aromatic rings. The van der Waals surface area contributed by atoms with Crippen LogP contribution in [0.5, 0.6) is 0 Å². The van der Waals surface area contributed by atoms with Crippen molar-refractivity contribution in [2.75, 3.05) is 26.9 Å². The van der Waals surface area contributed by atoms with Gasteiger partial charge in [0.05, 0.1) is 30.9 Å². The van der Waals surface area contributed by atoms with Crippen LogP contribution in [0.25, 0.3) is 0 Å². The molecule has 0 aromatic heterocycles. The third kappa shape index (κ3) is 7.10. The second-order valence-corrected chi connectivity index (χ2v) is 7.66. The molecule has 1 heterocycles. The smallest absolute Gasteiger partial charge is 0.338 e. The number of rotatable bonds is 12. The minimum Gasteiger partial charge on any atom is -0.453 e. The standard InChI is InChI=1S/C27H30O8/c1-4-16-31-18-21-22(34-25(28)19-12-8-6-9-13-19)23(32-17-5-2)24(27(30-3)33-21)35-26(29)20-14-10-7-11-15-20/h4-15,21-24,27H,1-2,16-18H2,3H3/t21?,22-,23?,24?,27+/m1/s1. The largest absolute Gasteiger partial charge is 0.453 e. The van der Waals surface area contributed by atoms with Crippen LogP contribution in [0.15, 0.2) is 86.0 Å². The number of carbonyl (C=O) groups excluding carboxylic acids is 2. The summed E-state index contributed by atoms with van der Waals surface area (Å²) in [5.41, 5.74) is 0.700. The average Bonchev–Trinajstić information content (AvgIpc) is 2.90. The molecule has 1 fully saturated rings. The van der Waals surface area contributed by atoms with Crippen LogP contribution in [0.4, 0.5) is 0 Å². The first-order valence-electron chi connectivity index (χ1n) is 11.2. The summed E-state index contributed by atoms with van der Waals surface area (Å²) in [7, 11) is 1.43. The maximum absolute atomic E-state index is 13.0. The lowest BCUT2D eigenvalue weighted by molar-refractivity contribution is -0.299. The molecule has 0 bridgehead atoms. The highest BCUT2D eigenvalue weighted by Crippen LogP contribution is 2.30. The molecule has 0 aliphatic carbocycles. The molecular weight excluding hydrogens is 452 g/mol. The van der Waals surface area contributed by atoms with Crippen molar-refractivity contribution in [1.82, 2.24) is 0 Å². The van der Waals surface area contributed by atoms with Crippen molar-refractivity contribution in [1.29, 1.82) is 0 Å². The molecule has 3 rings (SSSR count). The van der Waals surface area contributed by atoms with Gasteiger partial charge in [0.1, 0.15) is 12.2 Å². The van der Waals surface area contributed by atoms with Crippen molar-refractivity contribution in [3.63, 3.8) is 0 Å². The summed E-state index contributed by atoms with van der Waals surface area (Å²) in [6.45, 7) is 7.77. The summed E-state index contributed by atoms with van der Waals surface area (Å²) in [6, 6.07) is 17.0. The van der Waals surface area contributed by atoms with E-state index in [9.17, 15) is 9.59 Å². The Morgan fingerprint density at radius 3 is 1.89 bits per heavy atom. The van der Waals surface area contributed by atoms with Gasteiger partial charge in [-0.05, 0) is 24.3 Å². The van der Waals surface area contributed by atoms with Gasteiger partial charge in [-0.2, -0.15) is 0 Å². The SMILES string of the molecule is C=CCOCC1O[C@H](OC)C(OC(=O)c2ccccc2)C(OCC=C)[C@@H]1OC(=O)c1ccccc1. The second-order valence-electron chi connectivity index (χ2n) is 7.66. The topological polar surface area (TPSA) is 89.5 Å². The van der Waals surface area contributed by atoms with Crippen molar-refractivity contribution < 1.29 is 38.0 Å². The Balaban J connectivity index is 1.91. The molecule has 0 N–H and O–H groups in total. The summed E-state index contributed by atoms with van der Waals surface area (Å²) in [5, 5.41) is 0. The zero-order valence-corrected chi connectivity index (χ0v) is 19.6. The Hall–Kier alpha value is -3.30. The summed E-state index contributed by atoms with van der Waals surface area (Å²) < 4.78 is 34.8. The van der Waals surface area contributed by atoms with Gasteiger partial charge in [-0.15, -0.1) is 13.2 Å². The van der Waals surface area contributed by atoms with Gasteiger partial charge in [0, 0.05) is 7.11 Å². The number of hydrogen-bond acceptors (Lipinski definition) is 8. The predicted octanol–water partition coefficient (Wildman–Crippen LogP) is 3.58. The molecule has 186 valence electrons. The molecule has 1 aliphatic heterocycles. The van der Waals surface area contributed by atoms with E-state index in [1.807, 2.05) is 0 Å². The number of esters is 2. The zero-order valence-electron chi connectivity index (χ0n) is 19.6. The van der Waals surface area contributed by atoms with Crippen LogP contribution in [-0.2, 0) is 28.4 Å².